The van der Waals surface area contributed by atoms with E-state index in [9.17, 15) is 18.4 Å². The van der Waals surface area contributed by atoms with Crippen LogP contribution in [0.15, 0.2) is 30.5 Å². The van der Waals surface area contributed by atoms with Crippen molar-refractivity contribution >= 4 is 11.8 Å². The Morgan fingerprint density at radius 3 is 2.53 bits per heavy atom. The second-order valence-electron chi connectivity index (χ2n) is 8.88. The summed E-state index contributed by atoms with van der Waals surface area (Å²) in [7, 11) is 0. The van der Waals surface area contributed by atoms with Crippen molar-refractivity contribution in [1.29, 1.82) is 5.26 Å². The molecule has 1 aliphatic carbocycles. The molecule has 0 bridgehead atoms. The third kappa shape index (κ3) is 6.50. The molecule has 1 saturated heterocycles. The van der Waals surface area contributed by atoms with E-state index in [0.717, 1.165) is 19.4 Å². The third-order valence-electron chi connectivity index (χ3n) is 6.58. The molecule has 0 atom stereocenters. The number of hydrogen-bond acceptors (Lipinski definition) is 7. The van der Waals surface area contributed by atoms with Gasteiger partial charge in [0.25, 0.3) is 0 Å². The van der Waals surface area contributed by atoms with Crippen molar-refractivity contribution in [3.63, 3.8) is 0 Å². The van der Waals surface area contributed by atoms with Crippen LogP contribution in [0.25, 0.3) is 0 Å². The summed E-state index contributed by atoms with van der Waals surface area (Å²) in [6.07, 6.45) is 3.95. The van der Waals surface area contributed by atoms with Crippen molar-refractivity contribution in [2.45, 2.75) is 57.5 Å². The molecular weight excluding hydrogens is 445 g/mol. The van der Waals surface area contributed by atoms with E-state index in [4.69, 9.17) is 0 Å². The molecule has 0 radical (unpaired) electrons. The van der Waals surface area contributed by atoms with Crippen molar-refractivity contribution in [3.05, 3.63) is 41.6 Å². The predicted molar refractivity (Wildman–Crippen MR) is 122 cm³/mol. The first-order valence-electron chi connectivity index (χ1n) is 11.7. The van der Waals surface area contributed by atoms with Gasteiger partial charge in [-0.3, -0.25) is 0 Å². The van der Waals surface area contributed by atoms with E-state index < -0.39 is 6.36 Å². The smallest absolute Gasteiger partial charge is 0.405 e. The van der Waals surface area contributed by atoms with Gasteiger partial charge in [-0.1, -0.05) is 18.2 Å². The van der Waals surface area contributed by atoms with E-state index in [1.54, 1.807) is 6.07 Å². The highest BCUT2D eigenvalue weighted by atomic mass is 19.4. The molecule has 1 aromatic carbocycles. The molecule has 182 valence electrons. The maximum absolute atomic E-state index is 12.7. The highest BCUT2D eigenvalue weighted by Crippen LogP contribution is 2.30. The average Bonchev–Trinajstić information content (AvgIpc) is 3.37. The van der Waals surface area contributed by atoms with E-state index in [1.807, 2.05) is 0 Å². The topological polar surface area (TPSA) is 86.1 Å². The predicted octanol–water partition coefficient (Wildman–Crippen LogP) is 4.93. The molecular formula is C24H29F3N6O. The second-order valence-corrected chi connectivity index (χ2v) is 8.88. The summed E-state index contributed by atoms with van der Waals surface area (Å²) >= 11 is 0. The van der Waals surface area contributed by atoms with Crippen molar-refractivity contribution < 1.29 is 17.9 Å². The minimum atomic E-state index is -4.77. The van der Waals surface area contributed by atoms with Crippen LogP contribution in [0.3, 0.4) is 0 Å². The number of alkyl halides is 3. The van der Waals surface area contributed by atoms with E-state index in [-0.39, 0.29) is 18.2 Å². The van der Waals surface area contributed by atoms with Crippen LogP contribution in [0.5, 0.6) is 5.75 Å². The number of nitriles is 1. The van der Waals surface area contributed by atoms with Crippen LogP contribution >= 0.6 is 0 Å². The zero-order valence-electron chi connectivity index (χ0n) is 18.9. The highest BCUT2D eigenvalue weighted by molar-refractivity contribution is 5.53. The third-order valence-corrected chi connectivity index (χ3v) is 6.58. The largest absolute Gasteiger partial charge is 0.573 e. The number of benzene rings is 1. The Balaban J connectivity index is 1.33. The lowest BCUT2D eigenvalue weighted by Crippen LogP contribution is -2.37. The van der Waals surface area contributed by atoms with Crippen molar-refractivity contribution in [3.8, 4) is 11.8 Å². The molecule has 0 unspecified atom stereocenters. The molecule has 2 heterocycles. The summed E-state index contributed by atoms with van der Waals surface area (Å²) < 4.78 is 42.0. The first-order valence-corrected chi connectivity index (χ1v) is 11.7. The summed E-state index contributed by atoms with van der Waals surface area (Å²) in [4.78, 5) is 11.1. The summed E-state index contributed by atoms with van der Waals surface area (Å²) in [6, 6.07) is 8.70. The van der Waals surface area contributed by atoms with Crippen LogP contribution in [-0.4, -0.2) is 46.9 Å². The number of likely N-dealkylation sites (tertiary alicyclic amines) is 1. The van der Waals surface area contributed by atoms with Crippen LogP contribution in [0, 0.1) is 17.2 Å². The molecule has 4 rings (SSSR count). The number of anilines is 2. The number of ether oxygens (including phenoxy) is 1. The molecule has 2 N–H and O–H groups in total. The van der Waals surface area contributed by atoms with Crippen molar-refractivity contribution in [2.75, 3.05) is 30.3 Å². The average molecular weight is 475 g/mol. The minimum Gasteiger partial charge on any atom is -0.405 e. The minimum absolute atomic E-state index is 0.0398. The van der Waals surface area contributed by atoms with E-state index in [2.05, 4.69) is 36.3 Å². The number of para-hydroxylation sites is 1. The Morgan fingerprint density at radius 2 is 1.82 bits per heavy atom. The molecule has 0 amide bonds. The fourth-order valence-electron chi connectivity index (χ4n) is 4.79. The van der Waals surface area contributed by atoms with Gasteiger partial charge in [-0.05, 0) is 63.6 Å². The van der Waals surface area contributed by atoms with Gasteiger partial charge in [0.15, 0.2) is 0 Å². The molecule has 10 heteroatoms. The molecule has 1 aromatic heterocycles. The van der Waals surface area contributed by atoms with Crippen LogP contribution in [0.4, 0.5) is 24.9 Å². The van der Waals surface area contributed by atoms with Crippen LogP contribution < -0.4 is 15.4 Å². The fraction of sp³-hybridized carbons (Fsp3) is 0.542. The molecule has 2 aromatic rings. The van der Waals surface area contributed by atoms with Gasteiger partial charge in [0.05, 0.1) is 6.20 Å². The quantitative estimate of drug-likeness (QED) is 0.561. The van der Waals surface area contributed by atoms with Gasteiger partial charge in [-0.15, -0.1) is 13.2 Å². The molecule has 1 saturated carbocycles. The number of aromatic nitrogens is 2. The van der Waals surface area contributed by atoms with E-state index in [1.165, 1.54) is 63.2 Å². The Kier molecular flexibility index (Phi) is 7.73. The zero-order chi connectivity index (χ0) is 24.0. The van der Waals surface area contributed by atoms with Gasteiger partial charge in [0.1, 0.15) is 23.2 Å². The van der Waals surface area contributed by atoms with Crippen LogP contribution in [0.1, 0.15) is 49.7 Å². The summed E-state index contributed by atoms with van der Waals surface area (Å²) in [5.41, 5.74) is 0.647. The Labute approximate surface area is 197 Å². The standard InChI is InChI=1S/C24H29F3N6O/c25-24(26,27)34-21-6-2-1-5-18(21)15-30-23-31-16-19(13-28)22(32-23)29-14-17-7-9-20(10-8-17)33-11-3-4-12-33/h1-2,5-6,16-17,20H,3-4,7-12,14-15H2,(H2,29,30,31,32). The number of halogens is 3. The summed E-state index contributed by atoms with van der Waals surface area (Å²) in [6.45, 7) is 3.21. The lowest BCUT2D eigenvalue weighted by Gasteiger charge is -2.34. The highest BCUT2D eigenvalue weighted by Gasteiger charge is 2.32. The lowest BCUT2D eigenvalue weighted by molar-refractivity contribution is -0.274. The Bertz CT molecular complexity index is 995. The molecule has 34 heavy (non-hydrogen) atoms. The Hall–Kier alpha value is -3.06. The van der Waals surface area contributed by atoms with Crippen LogP contribution in [-0.2, 0) is 6.54 Å². The molecule has 7 nitrogen and oxygen atoms in total. The zero-order valence-corrected chi connectivity index (χ0v) is 18.9. The van der Waals surface area contributed by atoms with E-state index >= 15 is 0 Å². The lowest BCUT2D eigenvalue weighted by atomic mass is 9.85. The monoisotopic (exact) mass is 474 g/mol. The molecule has 1 aliphatic heterocycles. The Morgan fingerprint density at radius 1 is 1.09 bits per heavy atom. The maximum atomic E-state index is 12.7. The summed E-state index contributed by atoms with van der Waals surface area (Å²) in [5, 5.41) is 15.7. The molecule has 2 aliphatic rings. The SMILES string of the molecule is N#Cc1cnc(NCc2ccccc2OC(F)(F)F)nc1NCC1CCC(N2CCCC2)CC1. The fourth-order valence-corrected chi connectivity index (χ4v) is 4.79. The summed E-state index contributed by atoms with van der Waals surface area (Å²) in [5.74, 6) is 0.893. The number of rotatable bonds is 8. The number of hydrogen-bond donors (Lipinski definition) is 2. The van der Waals surface area contributed by atoms with Gasteiger partial charge in [-0.25, -0.2) is 4.98 Å². The van der Waals surface area contributed by atoms with Gasteiger partial charge in [0.2, 0.25) is 5.95 Å². The van der Waals surface area contributed by atoms with Crippen molar-refractivity contribution in [2.24, 2.45) is 5.92 Å². The van der Waals surface area contributed by atoms with Gasteiger partial charge >= 0.3 is 6.36 Å². The van der Waals surface area contributed by atoms with Gasteiger partial charge in [-0.2, -0.15) is 10.2 Å². The molecule has 0 spiro atoms. The maximum Gasteiger partial charge on any atom is 0.573 e. The van der Waals surface area contributed by atoms with Crippen LogP contribution in [0.2, 0.25) is 0 Å². The van der Waals surface area contributed by atoms with Gasteiger partial charge < -0.3 is 20.3 Å². The first kappa shape index (κ1) is 24.1. The normalized spacial score (nSPS) is 21.1. The second kappa shape index (κ2) is 10.9. The molecule has 2 fully saturated rings. The first-order chi connectivity index (χ1) is 16.4. The van der Waals surface area contributed by atoms with Gasteiger partial charge in [0, 0.05) is 24.7 Å². The van der Waals surface area contributed by atoms with Crippen molar-refractivity contribution in [1.82, 2.24) is 14.9 Å². The number of nitrogens with one attached hydrogen (secondary N) is 2. The van der Waals surface area contributed by atoms with E-state index in [0.29, 0.717) is 28.9 Å². The number of nitrogens with zero attached hydrogens (tertiary/aromatic N) is 4.